The highest BCUT2D eigenvalue weighted by molar-refractivity contribution is 6.11. The number of ketones is 1. The van der Waals surface area contributed by atoms with Crippen LogP contribution in [0.5, 0.6) is 5.75 Å². The van der Waals surface area contributed by atoms with Gasteiger partial charge in [0.15, 0.2) is 11.6 Å². The fourth-order valence-corrected chi connectivity index (χ4v) is 5.04. The van der Waals surface area contributed by atoms with Crippen molar-refractivity contribution < 1.29 is 27.8 Å². The van der Waals surface area contributed by atoms with E-state index >= 15 is 4.39 Å². The van der Waals surface area contributed by atoms with E-state index in [1.165, 1.54) is 30.3 Å². The molecule has 0 spiro atoms. The fourth-order valence-electron chi connectivity index (χ4n) is 5.04. The lowest BCUT2D eigenvalue weighted by molar-refractivity contribution is -0.151. The zero-order chi connectivity index (χ0) is 30.2. The summed E-state index contributed by atoms with van der Waals surface area (Å²) < 4.78 is 40.7. The summed E-state index contributed by atoms with van der Waals surface area (Å²) >= 11 is 0. The van der Waals surface area contributed by atoms with Gasteiger partial charge in [-0.15, -0.1) is 0 Å². The van der Waals surface area contributed by atoms with Crippen molar-refractivity contribution in [1.29, 1.82) is 0 Å². The second-order valence-electron chi connectivity index (χ2n) is 10.9. The Bertz CT molecular complexity index is 1450. The zero-order valence-corrected chi connectivity index (χ0v) is 23.9. The molecule has 42 heavy (non-hydrogen) atoms. The number of carbonyl (C=O) groups is 2. The third kappa shape index (κ3) is 7.82. The van der Waals surface area contributed by atoms with Gasteiger partial charge in [0.05, 0.1) is 17.9 Å². The van der Waals surface area contributed by atoms with E-state index in [-0.39, 0.29) is 47.1 Å². The van der Waals surface area contributed by atoms with Crippen LogP contribution in [0.3, 0.4) is 0 Å². The van der Waals surface area contributed by atoms with Crippen LogP contribution in [0.1, 0.15) is 68.3 Å². The highest BCUT2D eigenvalue weighted by Crippen LogP contribution is 2.24. The molecular formula is C32H37F2N3O5. The molecule has 4 rings (SSSR count). The summed E-state index contributed by atoms with van der Waals surface area (Å²) in [4.78, 5) is 38.2. The maximum Gasteiger partial charge on any atom is 0.323 e. The Labute approximate surface area is 243 Å². The Kier molecular flexibility index (Phi) is 10.5. The molecule has 0 amide bonds. The highest BCUT2D eigenvalue weighted by Gasteiger charge is 2.26. The number of carbonyl (C=O) groups excluding carboxylic acids is 2. The van der Waals surface area contributed by atoms with Crippen LogP contribution in [0.15, 0.2) is 59.4 Å². The molecule has 1 heterocycles. The summed E-state index contributed by atoms with van der Waals surface area (Å²) in [5.41, 5.74) is 5.55. The quantitative estimate of drug-likeness (QED) is 0.162. The number of pyridine rings is 1. The molecule has 0 unspecified atom stereocenters. The topological polar surface area (TPSA) is 113 Å². The van der Waals surface area contributed by atoms with E-state index in [0.29, 0.717) is 25.3 Å². The molecule has 2 aromatic carbocycles. The maximum absolute atomic E-state index is 15.2. The van der Waals surface area contributed by atoms with Gasteiger partial charge in [0.25, 0.3) is 5.56 Å². The van der Waals surface area contributed by atoms with Gasteiger partial charge in [-0.25, -0.2) is 8.78 Å². The number of nitrogens with one attached hydrogen (secondary N) is 1. The van der Waals surface area contributed by atoms with Gasteiger partial charge in [0, 0.05) is 17.7 Å². The van der Waals surface area contributed by atoms with Gasteiger partial charge in [-0.2, -0.15) is 0 Å². The smallest absolute Gasteiger partial charge is 0.323 e. The van der Waals surface area contributed by atoms with Crippen LogP contribution >= 0.6 is 0 Å². The van der Waals surface area contributed by atoms with Crippen LogP contribution in [-0.2, 0) is 9.53 Å². The molecule has 10 heteroatoms. The van der Waals surface area contributed by atoms with Crippen molar-refractivity contribution >= 4 is 17.6 Å². The number of hydrogen-bond donors (Lipinski definition) is 2. The van der Waals surface area contributed by atoms with Crippen LogP contribution in [0.4, 0.5) is 14.6 Å². The number of nitrogens with zero attached hydrogens (tertiary/aromatic N) is 1. The molecule has 1 aromatic heterocycles. The minimum atomic E-state index is -0.766. The summed E-state index contributed by atoms with van der Waals surface area (Å²) in [6.07, 6.45) is 5.26. The monoisotopic (exact) mass is 581 g/mol. The molecule has 1 aliphatic carbocycles. The van der Waals surface area contributed by atoms with Crippen LogP contribution < -0.4 is 21.3 Å². The molecule has 0 radical (unpaired) electrons. The summed E-state index contributed by atoms with van der Waals surface area (Å²) in [6, 6.07) is 10.9. The van der Waals surface area contributed by atoms with E-state index in [2.05, 4.69) is 19.2 Å². The minimum absolute atomic E-state index is 0.0131. The van der Waals surface area contributed by atoms with Gasteiger partial charge in [-0.1, -0.05) is 13.8 Å². The van der Waals surface area contributed by atoms with Crippen LogP contribution in [-0.4, -0.2) is 41.6 Å². The van der Waals surface area contributed by atoms with E-state index in [0.717, 1.165) is 54.5 Å². The molecule has 3 aromatic rings. The van der Waals surface area contributed by atoms with Gasteiger partial charge >= 0.3 is 5.97 Å². The van der Waals surface area contributed by atoms with Gasteiger partial charge in [0.1, 0.15) is 29.5 Å². The van der Waals surface area contributed by atoms with Gasteiger partial charge in [-0.05, 0) is 93.5 Å². The van der Waals surface area contributed by atoms with Crippen molar-refractivity contribution in [3.8, 4) is 11.4 Å². The van der Waals surface area contributed by atoms with E-state index in [1.807, 2.05) is 0 Å². The standard InChI is InChI=1S/C32H37F2N3O5/c1-20(2)18-27(32(40)42-23-6-3-4-7-23)36-16-5-17-41-24-12-14-28(26(34)19-24)37-29(38)15-13-25(31(37)35)30(39)21-8-10-22(33)11-9-21/h8-15,19-20,23,27,36H,3-7,16-18,35H2,1-2H3/t27-/m1/s1. The number of hydrogen-bond acceptors (Lipinski definition) is 7. The second-order valence-corrected chi connectivity index (χ2v) is 10.9. The lowest BCUT2D eigenvalue weighted by Crippen LogP contribution is -2.41. The number of ether oxygens (including phenoxy) is 2. The molecule has 3 N–H and O–H groups in total. The number of nitrogen functional groups attached to an aromatic ring is 1. The van der Waals surface area contributed by atoms with Crippen molar-refractivity contribution in [3.05, 3.63) is 87.7 Å². The molecule has 0 aliphatic heterocycles. The fraction of sp³-hybridized carbons (Fsp3) is 0.406. The lowest BCUT2D eigenvalue weighted by atomic mass is 10.0. The first-order valence-electron chi connectivity index (χ1n) is 14.3. The molecule has 0 bridgehead atoms. The first-order chi connectivity index (χ1) is 20.1. The molecule has 8 nitrogen and oxygen atoms in total. The highest BCUT2D eigenvalue weighted by atomic mass is 19.1. The number of anilines is 1. The average molecular weight is 582 g/mol. The van der Waals surface area contributed by atoms with Crippen LogP contribution in [0.2, 0.25) is 0 Å². The van der Waals surface area contributed by atoms with Crippen molar-refractivity contribution in [1.82, 2.24) is 9.88 Å². The van der Waals surface area contributed by atoms with Crippen molar-refractivity contribution in [3.63, 3.8) is 0 Å². The molecule has 1 fully saturated rings. The minimum Gasteiger partial charge on any atom is -0.493 e. The second kappa shape index (κ2) is 14.2. The van der Waals surface area contributed by atoms with Gasteiger partial charge in [-0.3, -0.25) is 19.0 Å². The SMILES string of the molecule is CC(C)C[C@@H](NCCCOc1ccc(-n2c(N)c(C(=O)c3ccc(F)cc3)ccc2=O)c(F)c1)C(=O)OC1CCCC1. The predicted molar refractivity (Wildman–Crippen MR) is 156 cm³/mol. The third-order valence-corrected chi connectivity index (χ3v) is 7.20. The number of halogens is 2. The van der Waals surface area contributed by atoms with Gasteiger partial charge < -0.3 is 20.5 Å². The van der Waals surface area contributed by atoms with E-state index < -0.39 is 29.0 Å². The van der Waals surface area contributed by atoms with E-state index in [1.54, 1.807) is 0 Å². The summed E-state index contributed by atoms with van der Waals surface area (Å²) in [5, 5.41) is 3.27. The predicted octanol–water partition coefficient (Wildman–Crippen LogP) is 5.19. The summed E-state index contributed by atoms with van der Waals surface area (Å²) in [7, 11) is 0. The Morgan fingerprint density at radius 1 is 1.05 bits per heavy atom. The Balaban J connectivity index is 1.36. The summed E-state index contributed by atoms with van der Waals surface area (Å²) in [6.45, 7) is 4.89. The molecule has 1 saturated carbocycles. The number of benzene rings is 2. The van der Waals surface area contributed by atoms with Crippen molar-refractivity contribution in [2.24, 2.45) is 5.92 Å². The Morgan fingerprint density at radius 3 is 2.43 bits per heavy atom. The Hall–Kier alpha value is -4.05. The van der Waals surface area contributed by atoms with Crippen LogP contribution in [0, 0.1) is 17.6 Å². The lowest BCUT2D eigenvalue weighted by Gasteiger charge is -2.21. The largest absolute Gasteiger partial charge is 0.493 e. The van der Waals surface area contributed by atoms with Gasteiger partial charge in [0.2, 0.25) is 0 Å². The summed E-state index contributed by atoms with van der Waals surface area (Å²) in [5.74, 6) is -1.68. The molecular weight excluding hydrogens is 544 g/mol. The Morgan fingerprint density at radius 2 is 1.76 bits per heavy atom. The number of rotatable bonds is 13. The average Bonchev–Trinajstić information content (AvgIpc) is 3.46. The molecule has 1 atom stereocenters. The molecule has 1 aliphatic rings. The number of esters is 1. The molecule has 224 valence electrons. The van der Waals surface area contributed by atoms with E-state index in [4.69, 9.17) is 15.2 Å². The third-order valence-electron chi connectivity index (χ3n) is 7.20. The van der Waals surface area contributed by atoms with Crippen molar-refractivity contribution in [2.45, 2.75) is 64.5 Å². The van der Waals surface area contributed by atoms with Crippen molar-refractivity contribution in [2.75, 3.05) is 18.9 Å². The van der Waals surface area contributed by atoms with E-state index in [9.17, 15) is 18.8 Å². The maximum atomic E-state index is 15.2. The van der Waals surface area contributed by atoms with Crippen LogP contribution in [0.25, 0.3) is 5.69 Å². The zero-order valence-electron chi connectivity index (χ0n) is 23.9. The first kappa shape index (κ1) is 30.9. The number of aromatic nitrogens is 1. The molecule has 0 saturated heterocycles. The first-order valence-corrected chi connectivity index (χ1v) is 14.3. The number of nitrogens with two attached hydrogens (primary N) is 1. The normalized spacial score (nSPS) is 14.2.